The molecule has 2 aromatic rings. The Bertz CT molecular complexity index is 1490. The normalized spacial score (nSPS) is 33.1. The van der Waals surface area contributed by atoms with Crippen molar-refractivity contribution in [2.75, 3.05) is 13.2 Å². The summed E-state index contributed by atoms with van der Waals surface area (Å²) in [5.41, 5.74) is 0.437. The molecule has 262 valence electrons. The van der Waals surface area contributed by atoms with Crippen LogP contribution in [0.4, 0.5) is 0 Å². The van der Waals surface area contributed by atoms with E-state index in [1.165, 1.54) is 36.4 Å². The summed E-state index contributed by atoms with van der Waals surface area (Å²) in [6.07, 6.45) is -17.8. The lowest BCUT2D eigenvalue weighted by atomic mass is 9.98. The number of carbonyl (C=O) groups excluding carboxylic acids is 1. The van der Waals surface area contributed by atoms with Crippen molar-refractivity contribution in [2.24, 2.45) is 0 Å². The smallest absolute Gasteiger partial charge is 0.317 e. The van der Waals surface area contributed by atoms with Gasteiger partial charge in [0, 0.05) is 17.7 Å². The number of ether oxygens (including phenoxy) is 6. The van der Waals surface area contributed by atoms with Crippen molar-refractivity contribution in [2.45, 2.75) is 73.9 Å². The summed E-state index contributed by atoms with van der Waals surface area (Å²) in [5, 5.41) is 101. The summed E-state index contributed by atoms with van der Waals surface area (Å²) in [7, 11) is 0. The highest BCUT2D eigenvalue weighted by Crippen LogP contribution is 2.45. The number of aliphatic carboxylic acids is 1. The van der Waals surface area contributed by atoms with Crippen LogP contribution in [0.3, 0.4) is 0 Å². The zero-order chi connectivity index (χ0) is 34.9. The average molecular weight is 683 g/mol. The predicted molar refractivity (Wildman–Crippen MR) is 153 cm³/mol. The Labute approximate surface area is 270 Å². The minimum atomic E-state index is -1.90. The highest BCUT2D eigenvalue weighted by atomic mass is 16.7. The predicted octanol–water partition coefficient (Wildman–Crippen LogP) is -2.41. The van der Waals surface area contributed by atoms with Gasteiger partial charge in [0.15, 0.2) is 6.10 Å². The molecule has 1 unspecified atom stereocenters. The molecule has 0 bridgehead atoms. The summed E-state index contributed by atoms with van der Waals surface area (Å²) >= 11 is 0. The number of aliphatic hydroxyl groups is 7. The van der Waals surface area contributed by atoms with Gasteiger partial charge in [-0.1, -0.05) is 12.1 Å². The first kappa shape index (κ1) is 35.1. The first-order valence-electron chi connectivity index (χ1n) is 14.5. The SMILES string of the molecule is O=C(O)CC(=O)OC[C@H]1O[C@@H](Oc2cc(O)cc3c2C=C(O[C@@H]2O[C@H](CO)[C@@H](O)[C@H](O)[C@H]2O)C(c2ccc(O)cc2)O3)[C@H](O)[C@@H](O)[C@@H]1O. The number of aliphatic hydroxyl groups excluding tert-OH is 7. The number of hydrogen-bond acceptors (Lipinski definition) is 17. The topological polar surface area (TPSA) is 292 Å². The van der Waals surface area contributed by atoms with E-state index < -0.39 is 105 Å². The van der Waals surface area contributed by atoms with Crippen molar-refractivity contribution in [3.8, 4) is 23.0 Å². The maximum Gasteiger partial charge on any atom is 0.317 e. The number of rotatable bonds is 10. The van der Waals surface area contributed by atoms with E-state index in [1.54, 1.807) is 0 Å². The van der Waals surface area contributed by atoms with Crippen molar-refractivity contribution in [1.82, 2.24) is 0 Å². The Morgan fingerprint density at radius 2 is 1.35 bits per heavy atom. The Morgan fingerprint density at radius 1 is 0.750 bits per heavy atom. The summed E-state index contributed by atoms with van der Waals surface area (Å²) in [6, 6.07) is 7.97. The maximum absolute atomic E-state index is 11.7. The van der Waals surface area contributed by atoms with Crippen LogP contribution in [-0.4, -0.2) is 138 Å². The summed E-state index contributed by atoms with van der Waals surface area (Å²) < 4.78 is 33.7. The second-order valence-electron chi connectivity index (χ2n) is 11.2. The lowest BCUT2D eigenvalue weighted by Gasteiger charge is -2.41. The number of fused-ring (bicyclic) bond motifs is 1. The molecular weight excluding hydrogens is 648 g/mol. The summed E-state index contributed by atoms with van der Waals surface area (Å²) in [4.78, 5) is 22.5. The number of carboxylic acids is 1. The van der Waals surface area contributed by atoms with Gasteiger partial charge in [-0.25, -0.2) is 0 Å². The fourth-order valence-corrected chi connectivity index (χ4v) is 5.23. The number of aromatic hydroxyl groups is 2. The highest BCUT2D eigenvalue weighted by molar-refractivity contribution is 5.90. The summed E-state index contributed by atoms with van der Waals surface area (Å²) in [6.45, 7) is -1.45. The van der Waals surface area contributed by atoms with E-state index in [0.29, 0.717) is 5.56 Å². The van der Waals surface area contributed by atoms with Gasteiger partial charge in [-0.05, 0) is 18.2 Å². The third-order valence-corrected chi connectivity index (χ3v) is 7.79. The van der Waals surface area contributed by atoms with Gasteiger partial charge in [-0.3, -0.25) is 9.59 Å². The molecular formula is C30H34O18. The third kappa shape index (κ3) is 7.41. The van der Waals surface area contributed by atoms with Crippen LogP contribution in [0.15, 0.2) is 42.2 Å². The molecule has 0 radical (unpaired) electrons. The van der Waals surface area contributed by atoms with Gasteiger partial charge in [0.25, 0.3) is 0 Å². The van der Waals surface area contributed by atoms with Gasteiger partial charge in [-0.15, -0.1) is 0 Å². The number of phenolic OH excluding ortho intramolecular Hbond substituents is 2. The number of carboxylic acid groups (broad SMARTS) is 1. The van der Waals surface area contributed by atoms with E-state index in [9.17, 15) is 55.5 Å². The minimum Gasteiger partial charge on any atom is -0.508 e. The lowest BCUT2D eigenvalue weighted by molar-refractivity contribution is -0.293. The highest BCUT2D eigenvalue weighted by Gasteiger charge is 2.47. The molecule has 0 saturated carbocycles. The third-order valence-electron chi connectivity index (χ3n) is 7.79. The first-order chi connectivity index (χ1) is 22.8. The fourth-order valence-electron chi connectivity index (χ4n) is 5.23. The molecule has 48 heavy (non-hydrogen) atoms. The quantitative estimate of drug-likeness (QED) is 0.0922. The van der Waals surface area contributed by atoms with Crippen molar-refractivity contribution in [3.63, 3.8) is 0 Å². The van der Waals surface area contributed by atoms with Gasteiger partial charge in [0.2, 0.25) is 12.6 Å². The second kappa shape index (κ2) is 14.5. The standard InChI is InChI=1S/C30H34O18/c31-9-18-22(37)24(39)26(41)30(47-18)46-17-7-14-15(44-28(17)11-1-3-12(32)4-2-11)5-13(33)6-16(14)45-29-27(42)25(40)23(38)19(48-29)10-43-21(36)8-20(34)35/h1-7,18-19,22-33,37-42H,8-10H2,(H,34,35)/t18-,19-,22-,23-,24+,25+,26-,27-,28?,29-,30-/m1/s1. The molecule has 0 aliphatic carbocycles. The molecule has 11 atom stereocenters. The van der Waals surface area contributed by atoms with E-state index in [0.717, 1.165) is 6.07 Å². The van der Waals surface area contributed by atoms with Crippen molar-refractivity contribution in [1.29, 1.82) is 0 Å². The van der Waals surface area contributed by atoms with E-state index in [-0.39, 0.29) is 28.6 Å². The van der Waals surface area contributed by atoms with Crippen molar-refractivity contribution in [3.05, 3.63) is 53.3 Å². The van der Waals surface area contributed by atoms with Crippen molar-refractivity contribution >= 4 is 18.0 Å². The fraction of sp³-hybridized carbons (Fsp3) is 0.467. The van der Waals surface area contributed by atoms with Gasteiger partial charge >= 0.3 is 11.9 Å². The number of phenols is 2. The zero-order valence-corrected chi connectivity index (χ0v) is 24.8. The molecule has 3 aliphatic heterocycles. The van der Waals surface area contributed by atoms with Gasteiger partial charge < -0.3 is 79.5 Å². The van der Waals surface area contributed by atoms with Crippen LogP contribution in [0, 0.1) is 0 Å². The Balaban J connectivity index is 1.46. The van der Waals surface area contributed by atoms with Crippen LogP contribution in [0.25, 0.3) is 6.08 Å². The number of hydrogen-bond donors (Lipinski definition) is 10. The van der Waals surface area contributed by atoms with Crippen LogP contribution >= 0.6 is 0 Å². The molecule has 2 fully saturated rings. The molecule has 0 spiro atoms. The molecule has 3 aliphatic rings. The molecule has 18 heteroatoms. The number of carbonyl (C=O) groups is 2. The molecule has 10 N–H and O–H groups in total. The van der Waals surface area contributed by atoms with E-state index in [4.69, 9.17) is 33.5 Å². The average Bonchev–Trinajstić information content (AvgIpc) is 3.04. The molecule has 5 rings (SSSR count). The van der Waals surface area contributed by atoms with Crippen LogP contribution in [0.2, 0.25) is 0 Å². The largest absolute Gasteiger partial charge is 0.508 e. The Morgan fingerprint density at radius 3 is 1.98 bits per heavy atom. The molecule has 2 aromatic carbocycles. The van der Waals surface area contributed by atoms with E-state index in [2.05, 4.69) is 0 Å². The number of esters is 1. The molecule has 0 amide bonds. The molecule has 3 heterocycles. The monoisotopic (exact) mass is 682 g/mol. The van der Waals surface area contributed by atoms with Gasteiger partial charge in [-0.2, -0.15) is 0 Å². The molecule has 2 saturated heterocycles. The first-order valence-corrected chi connectivity index (χ1v) is 14.5. The van der Waals surface area contributed by atoms with Crippen LogP contribution < -0.4 is 9.47 Å². The van der Waals surface area contributed by atoms with Crippen LogP contribution in [0.1, 0.15) is 23.7 Å². The van der Waals surface area contributed by atoms with Crippen LogP contribution in [0.5, 0.6) is 23.0 Å². The summed E-state index contributed by atoms with van der Waals surface area (Å²) in [5.74, 6) is -3.45. The van der Waals surface area contributed by atoms with Crippen LogP contribution in [-0.2, 0) is 28.5 Å². The van der Waals surface area contributed by atoms with Gasteiger partial charge in [0.05, 0.1) is 12.2 Å². The second-order valence-corrected chi connectivity index (χ2v) is 11.2. The minimum absolute atomic E-state index is 0.0192. The van der Waals surface area contributed by atoms with E-state index in [1.807, 2.05) is 0 Å². The molecule has 18 nitrogen and oxygen atoms in total. The van der Waals surface area contributed by atoms with Crippen molar-refractivity contribution < 1.29 is 89.1 Å². The Hall–Kier alpha value is -4.24. The van der Waals surface area contributed by atoms with Gasteiger partial charge in [0.1, 0.15) is 90.6 Å². The number of benzene rings is 2. The lowest BCUT2D eigenvalue weighted by Crippen LogP contribution is -2.60. The van der Waals surface area contributed by atoms with E-state index >= 15 is 0 Å². The molecule has 0 aromatic heterocycles. The zero-order valence-electron chi connectivity index (χ0n) is 24.8. The maximum atomic E-state index is 11.7. The Kier molecular flexibility index (Phi) is 10.6.